The van der Waals surface area contributed by atoms with Crippen LogP contribution in [0, 0.1) is 0 Å². The van der Waals surface area contributed by atoms with Crippen LogP contribution < -0.4 is 0 Å². The van der Waals surface area contributed by atoms with Gasteiger partial charge in [0.2, 0.25) is 0 Å². The third-order valence-corrected chi connectivity index (χ3v) is 4.85. The number of aliphatic carboxylic acids is 1. The van der Waals surface area contributed by atoms with Gasteiger partial charge in [0.1, 0.15) is 0 Å². The van der Waals surface area contributed by atoms with Gasteiger partial charge in [-0.25, -0.2) is 0 Å². The molecule has 0 unspecified atom stereocenters. The van der Waals surface area contributed by atoms with E-state index in [9.17, 15) is 9.90 Å². The van der Waals surface area contributed by atoms with Crippen LogP contribution in [0.1, 0.15) is 30.4 Å². The minimum atomic E-state index is -0.807. The van der Waals surface area contributed by atoms with Gasteiger partial charge in [0, 0.05) is 19.1 Å². The van der Waals surface area contributed by atoms with Gasteiger partial charge in [-0.2, -0.15) is 0 Å². The lowest BCUT2D eigenvalue weighted by Gasteiger charge is -2.22. The number of aliphatic hydroxyl groups is 1. The van der Waals surface area contributed by atoms with Gasteiger partial charge in [-0.05, 0) is 29.5 Å². The number of hydrogen-bond acceptors (Lipinski definition) is 3. The molecule has 1 aliphatic heterocycles. The summed E-state index contributed by atoms with van der Waals surface area (Å²) in [4.78, 5) is 13.1. The summed E-state index contributed by atoms with van der Waals surface area (Å²) in [7, 11) is 0. The van der Waals surface area contributed by atoms with Crippen molar-refractivity contribution in [2.24, 2.45) is 0 Å². The van der Waals surface area contributed by atoms with Crippen molar-refractivity contribution in [1.82, 2.24) is 4.90 Å². The number of aliphatic hydroxyl groups excluding tert-OH is 1. The summed E-state index contributed by atoms with van der Waals surface area (Å²) < 4.78 is 0. The maximum Gasteiger partial charge on any atom is 0.304 e. The van der Waals surface area contributed by atoms with Gasteiger partial charge in [-0.3, -0.25) is 9.69 Å². The van der Waals surface area contributed by atoms with E-state index in [1.54, 1.807) is 0 Å². The van der Waals surface area contributed by atoms with Crippen LogP contribution in [-0.4, -0.2) is 46.3 Å². The van der Waals surface area contributed by atoms with Crippen molar-refractivity contribution in [3.63, 3.8) is 0 Å². The Kier molecular flexibility index (Phi) is 6.21. The van der Waals surface area contributed by atoms with Crippen LogP contribution in [0.3, 0.4) is 0 Å². The molecule has 2 N–H and O–H groups in total. The monoisotopic (exact) mass is 351 g/mol. The van der Waals surface area contributed by atoms with Crippen molar-refractivity contribution in [2.45, 2.75) is 31.4 Å². The number of rotatable bonds is 7. The molecule has 0 amide bonds. The Morgan fingerprint density at radius 2 is 1.62 bits per heavy atom. The second kappa shape index (κ2) is 8.79. The summed E-state index contributed by atoms with van der Waals surface area (Å²) >= 11 is 0. The van der Waals surface area contributed by atoms with Crippen LogP contribution in [0.15, 0.2) is 66.7 Å². The Hall–Kier alpha value is -2.43. The van der Waals surface area contributed by atoms with Gasteiger partial charge >= 0.3 is 5.97 Å². The first-order chi connectivity index (χ1) is 12.6. The maximum absolute atomic E-state index is 11.0. The van der Waals surface area contributed by atoms with Gasteiger partial charge in [0.15, 0.2) is 0 Å². The maximum atomic E-state index is 11.0. The smallest absolute Gasteiger partial charge is 0.304 e. The first-order valence-electron chi connectivity index (χ1n) is 9.08. The van der Waals surface area contributed by atoms with Gasteiger partial charge < -0.3 is 10.2 Å². The molecule has 0 aromatic heterocycles. The molecule has 3 rings (SSSR count). The van der Waals surface area contributed by atoms with E-state index in [0.717, 1.165) is 13.0 Å². The van der Waals surface area contributed by atoms with Crippen LogP contribution in [0.4, 0.5) is 0 Å². The molecule has 2 aromatic carbocycles. The minimum Gasteiger partial charge on any atom is -0.481 e. The van der Waals surface area contributed by atoms with Crippen molar-refractivity contribution >= 4 is 11.5 Å². The fraction of sp³-hybridized carbons (Fsp3) is 0.318. The van der Waals surface area contributed by atoms with Crippen LogP contribution in [0.5, 0.6) is 0 Å². The van der Waals surface area contributed by atoms with E-state index in [0.29, 0.717) is 13.0 Å². The zero-order valence-electron chi connectivity index (χ0n) is 14.8. The fourth-order valence-corrected chi connectivity index (χ4v) is 3.66. The molecule has 0 saturated carbocycles. The first kappa shape index (κ1) is 18.4. The Balaban J connectivity index is 1.74. The number of likely N-dealkylation sites (tertiary alicyclic amines) is 1. The molecule has 0 spiro atoms. The topological polar surface area (TPSA) is 60.8 Å². The normalized spacial score (nSPS) is 20.0. The zero-order valence-corrected chi connectivity index (χ0v) is 14.8. The van der Waals surface area contributed by atoms with Gasteiger partial charge in [-0.1, -0.05) is 66.7 Å². The highest BCUT2D eigenvalue weighted by Crippen LogP contribution is 2.25. The Labute approximate surface area is 154 Å². The third-order valence-electron chi connectivity index (χ3n) is 4.85. The fourth-order valence-electron chi connectivity index (χ4n) is 3.66. The molecule has 1 heterocycles. The van der Waals surface area contributed by atoms with E-state index >= 15 is 0 Å². The SMILES string of the molecule is O=C(O)C[C@H]1C[C@@H](O)CN1CCC=C(c1ccccc1)c1ccccc1. The molecule has 26 heavy (non-hydrogen) atoms. The molecule has 1 fully saturated rings. The van der Waals surface area contributed by atoms with Crippen molar-refractivity contribution < 1.29 is 15.0 Å². The Bertz CT molecular complexity index is 701. The molecule has 2 atom stereocenters. The highest BCUT2D eigenvalue weighted by atomic mass is 16.4. The summed E-state index contributed by atoms with van der Waals surface area (Å²) in [5.74, 6) is -0.807. The molecule has 136 valence electrons. The highest BCUT2D eigenvalue weighted by Gasteiger charge is 2.31. The number of hydrogen-bond donors (Lipinski definition) is 2. The summed E-state index contributed by atoms with van der Waals surface area (Å²) in [6, 6.07) is 20.5. The number of nitrogens with zero attached hydrogens (tertiary/aromatic N) is 1. The van der Waals surface area contributed by atoms with Gasteiger partial charge in [0.25, 0.3) is 0 Å². The lowest BCUT2D eigenvalue weighted by atomic mass is 9.97. The van der Waals surface area contributed by atoms with Gasteiger partial charge in [-0.15, -0.1) is 0 Å². The molecule has 0 aliphatic carbocycles. The average molecular weight is 351 g/mol. The van der Waals surface area contributed by atoms with Crippen molar-refractivity contribution in [2.75, 3.05) is 13.1 Å². The predicted molar refractivity (Wildman–Crippen MR) is 103 cm³/mol. The number of β-amino-alcohol motifs (C(OH)–C–C–N with tert-alkyl or cyclic N) is 1. The van der Waals surface area contributed by atoms with Crippen molar-refractivity contribution in [3.05, 3.63) is 77.9 Å². The van der Waals surface area contributed by atoms with E-state index in [1.165, 1.54) is 16.7 Å². The molecular formula is C22H25NO3. The standard InChI is InChI=1S/C22H25NO3/c24-20-14-19(15-22(25)26)23(16-20)13-7-12-21(17-8-3-1-4-9-17)18-10-5-2-6-11-18/h1-6,8-12,19-20,24H,7,13-16H2,(H,25,26)/t19-,20-/m1/s1. The summed E-state index contributed by atoms with van der Waals surface area (Å²) in [5.41, 5.74) is 3.52. The molecule has 4 heteroatoms. The zero-order chi connectivity index (χ0) is 18.4. The molecule has 1 saturated heterocycles. The second-order valence-electron chi connectivity index (χ2n) is 6.77. The second-order valence-corrected chi connectivity index (χ2v) is 6.77. The van der Waals surface area contributed by atoms with Crippen LogP contribution >= 0.6 is 0 Å². The lowest BCUT2D eigenvalue weighted by molar-refractivity contribution is -0.138. The van der Waals surface area contributed by atoms with E-state index in [-0.39, 0.29) is 12.5 Å². The quantitative estimate of drug-likeness (QED) is 0.802. The molecule has 1 aliphatic rings. The number of benzene rings is 2. The highest BCUT2D eigenvalue weighted by molar-refractivity contribution is 5.79. The average Bonchev–Trinajstić information content (AvgIpc) is 2.98. The Morgan fingerprint density at radius 1 is 1.04 bits per heavy atom. The van der Waals surface area contributed by atoms with E-state index in [4.69, 9.17) is 5.11 Å². The lowest BCUT2D eigenvalue weighted by Crippen LogP contribution is -2.32. The van der Waals surface area contributed by atoms with Crippen molar-refractivity contribution in [1.29, 1.82) is 0 Å². The Morgan fingerprint density at radius 3 is 2.15 bits per heavy atom. The summed E-state index contributed by atoms with van der Waals surface area (Å²) in [6.07, 6.45) is 3.23. The summed E-state index contributed by atoms with van der Waals surface area (Å²) in [6.45, 7) is 1.30. The van der Waals surface area contributed by atoms with Crippen LogP contribution in [-0.2, 0) is 4.79 Å². The van der Waals surface area contributed by atoms with Gasteiger partial charge in [0.05, 0.1) is 12.5 Å². The molecular weight excluding hydrogens is 326 g/mol. The summed E-state index contributed by atoms with van der Waals surface area (Å²) in [5, 5.41) is 19.0. The minimum absolute atomic E-state index is 0.0761. The molecule has 4 nitrogen and oxygen atoms in total. The predicted octanol–water partition coefficient (Wildman–Crippen LogP) is 3.42. The molecule has 2 aromatic rings. The largest absolute Gasteiger partial charge is 0.481 e. The number of carboxylic acids is 1. The first-order valence-corrected chi connectivity index (χ1v) is 9.08. The third kappa shape index (κ3) is 4.81. The van der Waals surface area contributed by atoms with Crippen LogP contribution in [0.25, 0.3) is 5.57 Å². The van der Waals surface area contributed by atoms with E-state index in [1.807, 2.05) is 36.4 Å². The van der Waals surface area contributed by atoms with E-state index in [2.05, 4.69) is 35.2 Å². The van der Waals surface area contributed by atoms with E-state index < -0.39 is 12.1 Å². The molecule has 0 radical (unpaired) electrons. The number of carboxylic acid groups (broad SMARTS) is 1. The molecule has 0 bridgehead atoms. The van der Waals surface area contributed by atoms with Crippen molar-refractivity contribution in [3.8, 4) is 0 Å². The van der Waals surface area contributed by atoms with Crippen LogP contribution in [0.2, 0.25) is 0 Å². The number of carbonyl (C=O) groups is 1.